The fourth-order valence-electron chi connectivity index (χ4n) is 0.933. The molecule has 1 atom stereocenters. The molecule has 0 aromatic heterocycles. The lowest BCUT2D eigenvalue weighted by atomic mass is 10.2. The average Bonchev–Trinajstić information content (AvgIpc) is 2.03. The van der Waals surface area contributed by atoms with Crippen LogP contribution < -0.4 is 5.32 Å². The number of benzene rings is 1. The van der Waals surface area contributed by atoms with Gasteiger partial charge in [0.05, 0.1) is 5.56 Å². The molecular formula is C9H11NO3. The second kappa shape index (κ2) is 3.91. The summed E-state index contributed by atoms with van der Waals surface area (Å²) in [7, 11) is 0. The Labute approximate surface area is 75.8 Å². The summed E-state index contributed by atoms with van der Waals surface area (Å²) in [4.78, 5) is 11.2. The van der Waals surface area contributed by atoms with Crippen LogP contribution in [-0.2, 0) is 0 Å². The van der Waals surface area contributed by atoms with E-state index in [4.69, 9.17) is 5.11 Å². The number of para-hydroxylation sites is 1. The van der Waals surface area contributed by atoms with Gasteiger partial charge in [-0.1, -0.05) is 12.1 Å². The van der Waals surface area contributed by atoms with Crippen LogP contribution in [0.3, 0.4) is 0 Å². The Balaban J connectivity index is 2.83. The molecule has 70 valence electrons. The Morgan fingerprint density at radius 3 is 2.62 bits per heavy atom. The molecule has 1 aromatic rings. The first-order chi connectivity index (χ1) is 6.11. The van der Waals surface area contributed by atoms with E-state index in [9.17, 15) is 9.90 Å². The first-order valence-electron chi connectivity index (χ1n) is 3.88. The van der Waals surface area contributed by atoms with Crippen molar-refractivity contribution in [2.24, 2.45) is 0 Å². The summed E-state index contributed by atoms with van der Waals surface area (Å²) in [5, 5.41) is 20.4. The molecule has 3 N–H and O–H groups in total. The van der Waals surface area contributed by atoms with Crippen LogP contribution >= 0.6 is 0 Å². The molecule has 4 nitrogen and oxygen atoms in total. The quantitative estimate of drug-likeness (QED) is 0.580. The second-order valence-electron chi connectivity index (χ2n) is 2.67. The van der Waals surface area contributed by atoms with Crippen LogP contribution in [0.2, 0.25) is 0 Å². The summed E-state index contributed by atoms with van der Waals surface area (Å²) in [6.45, 7) is 1.43. The lowest BCUT2D eigenvalue weighted by Crippen LogP contribution is -2.32. The zero-order valence-electron chi connectivity index (χ0n) is 7.19. The zero-order chi connectivity index (χ0) is 9.84. The third-order valence-corrected chi connectivity index (χ3v) is 1.49. The number of aliphatic hydroxyl groups is 1. The molecule has 0 aliphatic heterocycles. The summed E-state index contributed by atoms with van der Waals surface area (Å²) >= 11 is 0. The Kier molecular flexibility index (Phi) is 2.87. The van der Waals surface area contributed by atoms with Gasteiger partial charge < -0.3 is 15.5 Å². The smallest absolute Gasteiger partial charge is 0.257 e. The van der Waals surface area contributed by atoms with E-state index in [1.807, 2.05) is 0 Å². The normalized spacial score (nSPS) is 12.2. The molecule has 1 aromatic carbocycles. The molecule has 0 aliphatic carbocycles. The minimum Gasteiger partial charge on any atom is -0.507 e. The third kappa shape index (κ3) is 2.45. The predicted molar refractivity (Wildman–Crippen MR) is 47.3 cm³/mol. The number of phenols is 1. The predicted octanol–water partition coefficient (Wildman–Crippen LogP) is 0.460. The SMILES string of the molecule is CC(O)NC(=O)c1ccccc1O. The van der Waals surface area contributed by atoms with Crippen molar-refractivity contribution in [1.29, 1.82) is 0 Å². The van der Waals surface area contributed by atoms with E-state index in [-0.39, 0.29) is 11.3 Å². The van der Waals surface area contributed by atoms with Crippen LogP contribution in [0.4, 0.5) is 0 Å². The monoisotopic (exact) mass is 181 g/mol. The van der Waals surface area contributed by atoms with E-state index in [0.717, 1.165) is 0 Å². The standard InChI is InChI=1S/C9H11NO3/c1-6(11)10-9(13)7-4-2-3-5-8(7)12/h2-6,11-12H,1H3,(H,10,13). The van der Waals surface area contributed by atoms with Crippen molar-refractivity contribution in [2.75, 3.05) is 0 Å². The lowest BCUT2D eigenvalue weighted by molar-refractivity contribution is 0.0816. The molecule has 0 aliphatic rings. The van der Waals surface area contributed by atoms with Gasteiger partial charge in [-0.2, -0.15) is 0 Å². The van der Waals surface area contributed by atoms with Crippen molar-refractivity contribution in [1.82, 2.24) is 5.32 Å². The molecule has 0 heterocycles. The third-order valence-electron chi connectivity index (χ3n) is 1.49. The largest absolute Gasteiger partial charge is 0.507 e. The molecule has 13 heavy (non-hydrogen) atoms. The molecule has 0 fully saturated rings. The maximum absolute atomic E-state index is 11.2. The van der Waals surface area contributed by atoms with Crippen molar-refractivity contribution in [2.45, 2.75) is 13.2 Å². The summed E-state index contributed by atoms with van der Waals surface area (Å²) in [5.74, 6) is -0.589. The van der Waals surface area contributed by atoms with Gasteiger partial charge in [-0.05, 0) is 19.1 Å². The number of carbonyl (C=O) groups is 1. The highest BCUT2D eigenvalue weighted by atomic mass is 16.3. The topological polar surface area (TPSA) is 69.6 Å². The van der Waals surface area contributed by atoms with Crippen molar-refractivity contribution in [3.05, 3.63) is 29.8 Å². The van der Waals surface area contributed by atoms with Gasteiger partial charge in [0.25, 0.3) is 5.91 Å². The van der Waals surface area contributed by atoms with Crippen molar-refractivity contribution < 1.29 is 15.0 Å². The molecule has 4 heteroatoms. The minimum atomic E-state index is -0.924. The van der Waals surface area contributed by atoms with Gasteiger partial charge in [-0.15, -0.1) is 0 Å². The average molecular weight is 181 g/mol. The van der Waals surface area contributed by atoms with Gasteiger partial charge in [-0.25, -0.2) is 0 Å². The van der Waals surface area contributed by atoms with Crippen LogP contribution in [0.15, 0.2) is 24.3 Å². The molecule has 0 bridgehead atoms. The Hall–Kier alpha value is -1.55. The molecule has 1 amide bonds. The molecule has 0 radical (unpaired) electrons. The number of amides is 1. The number of phenolic OH excluding ortho intramolecular Hbond substituents is 1. The van der Waals surface area contributed by atoms with E-state index in [1.54, 1.807) is 12.1 Å². The number of nitrogens with one attached hydrogen (secondary N) is 1. The van der Waals surface area contributed by atoms with E-state index in [0.29, 0.717) is 0 Å². The Morgan fingerprint density at radius 2 is 2.08 bits per heavy atom. The Bertz CT molecular complexity index is 309. The molecule has 0 saturated heterocycles. The van der Waals surface area contributed by atoms with Crippen molar-refractivity contribution in [3.8, 4) is 5.75 Å². The number of carbonyl (C=O) groups excluding carboxylic acids is 1. The maximum atomic E-state index is 11.2. The van der Waals surface area contributed by atoms with E-state index < -0.39 is 12.1 Å². The van der Waals surface area contributed by atoms with Gasteiger partial charge in [0.15, 0.2) is 0 Å². The summed E-state index contributed by atoms with van der Waals surface area (Å²) in [6.07, 6.45) is -0.924. The van der Waals surface area contributed by atoms with E-state index >= 15 is 0 Å². The highest BCUT2D eigenvalue weighted by Crippen LogP contribution is 2.14. The highest BCUT2D eigenvalue weighted by molar-refractivity contribution is 5.96. The summed E-state index contributed by atoms with van der Waals surface area (Å²) in [5.41, 5.74) is 0.156. The number of rotatable bonds is 2. The first kappa shape index (κ1) is 9.54. The Morgan fingerprint density at radius 1 is 1.46 bits per heavy atom. The van der Waals surface area contributed by atoms with Gasteiger partial charge in [0.1, 0.15) is 12.0 Å². The van der Waals surface area contributed by atoms with Gasteiger partial charge in [0, 0.05) is 0 Å². The van der Waals surface area contributed by atoms with Crippen LogP contribution in [0.1, 0.15) is 17.3 Å². The number of aromatic hydroxyl groups is 1. The minimum absolute atomic E-state index is 0.0966. The fraction of sp³-hybridized carbons (Fsp3) is 0.222. The second-order valence-corrected chi connectivity index (χ2v) is 2.67. The van der Waals surface area contributed by atoms with E-state index in [1.165, 1.54) is 19.1 Å². The number of hydrogen-bond acceptors (Lipinski definition) is 3. The van der Waals surface area contributed by atoms with Gasteiger partial charge in [-0.3, -0.25) is 4.79 Å². The highest BCUT2D eigenvalue weighted by Gasteiger charge is 2.10. The molecular weight excluding hydrogens is 170 g/mol. The zero-order valence-corrected chi connectivity index (χ0v) is 7.19. The van der Waals surface area contributed by atoms with Gasteiger partial charge in [0.2, 0.25) is 0 Å². The van der Waals surface area contributed by atoms with Gasteiger partial charge >= 0.3 is 0 Å². The molecule has 0 spiro atoms. The first-order valence-corrected chi connectivity index (χ1v) is 3.88. The van der Waals surface area contributed by atoms with Crippen LogP contribution in [0.25, 0.3) is 0 Å². The van der Waals surface area contributed by atoms with Crippen LogP contribution in [0, 0.1) is 0 Å². The van der Waals surface area contributed by atoms with Crippen molar-refractivity contribution in [3.63, 3.8) is 0 Å². The molecule has 0 saturated carbocycles. The lowest BCUT2D eigenvalue weighted by Gasteiger charge is -2.08. The van der Waals surface area contributed by atoms with Crippen molar-refractivity contribution >= 4 is 5.91 Å². The number of aliphatic hydroxyl groups excluding tert-OH is 1. The maximum Gasteiger partial charge on any atom is 0.257 e. The summed E-state index contributed by atoms with van der Waals surface area (Å²) in [6, 6.07) is 6.15. The summed E-state index contributed by atoms with van der Waals surface area (Å²) < 4.78 is 0. The molecule has 1 rings (SSSR count). The fourth-order valence-corrected chi connectivity index (χ4v) is 0.933. The molecule has 1 unspecified atom stereocenters. The van der Waals surface area contributed by atoms with E-state index in [2.05, 4.69) is 5.32 Å². The van der Waals surface area contributed by atoms with Crippen LogP contribution in [0.5, 0.6) is 5.75 Å². The number of hydrogen-bond donors (Lipinski definition) is 3. The van der Waals surface area contributed by atoms with Crippen LogP contribution in [-0.4, -0.2) is 22.3 Å².